The predicted octanol–water partition coefficient (Wildman–Crippen LogP) is 4.28. The van der Waals surface area contributed by atoms with Crippen molar-refractivity contribution >= 4 is 21.7 Å². The van der Waals surface area contributed by atoms with Crippen LogP contribution in [0.5, 0.6) is 5.75 Å². The van der Waals surface area contributed by atoms with Crippen LogP contribution >= 0.6 is 15.9 Å². The van der Waals surface area contributed by atoms with E-state index in [-0.39, 0.29) is 10.0 Å². The number of rotatable bonds is 3. The SMILES string of the molecule is COc1ccc(C(=O)c2c(F)cc(Br)cc2F)cc1C. The van der Waals surface area contributed by atoms with E-state index in [4.69, 9.17) is 4.74 Å². The van der Waals surface area contributed by atoms with Crippen molar-refractivity contribution in [3.63, 3.8) is 0 Å². The van der Waals surface area contributed by atoms with Gasteiger partial charge in [-0.05, 0) is 42.8 Å². The molecule has 0 radical (unpaired) electrons. The minimum Gasteiger partial charge on any atom is -0.496 e. The van der Waals surface area contributed by atoms with Crippen molar-refractivity contribution in [3.05, 3.63) is 63.1 Å². The molecule has 20 heavy (non-hydrogen) atoms. The molecule has 5 heteroatoms. The third-order valence-corrected chi connectivity index (χ3v) is 3.35. The van der Waals surface area contributed by atoms with Crippen LogP contribution in [0.15, 0.2) is 34.8 Å². The number of hydrogen-bond donors (Lipinski definition) is 0. The highest BCUT2D eigenvalue weighted by Gasteiger charge is 2.20. The van der Waals surface area contributed by atoms with E-state index in [1.165, 1.54) is 13.2 Å². The predicted molar refractivity (Wildman–Crippen MR) is 75.2 cm³/mol. The fourth-order valence-electron chi connectivity index (χ4n) is 1.92. The van der Waals surface area contributed by atoms with Crippen molar-refractivity contribution in [3.8, 4) is 5.75 Å². The molecule has 2 aromatic carbocycles. The van der Waals surface area contributed by atoms with Crippen LogP contribution < -0.4 is 4.74 Å². The number of benzene rings is 2. The zero-order valence-corrected chi connectivity index (χ0v) is 12.4. The Bertz CT molecular complexity index is 661. The quantitative estimate of drug-likeness (QED) is 0.779. The summed E-state index contributed by atoms with van der Waals surface area (Å²) in [6, 6.07) is 6.74. The molecule has 2 aromatic rings. The molecule has 2 rings (SSSR count). The Labute approximate surface area is 123 Å². The first-order valence-electron chi connectivity index (χ1n) is 5.78. The van der Waals surface area contributed by atoms with E-state index in [1.54, 1.807) is 19.1 Å². The molecule has 0 saturated carbocycles. The van der Waals surface area contributed by atoms with Crippen LogP contribution in [0.1, 0.15) is 21.5 Å². The number of aryl methyl sites for hydroxylation is 1. The zero-order chi connectivity index (χ0) is 14.9. The monoisotopic (exact) mass is 340 g/mol. The first kappa shape index (κ1) is 14.7. The van der Waals surface area contributed by atoms with E-state index in [1.807, 2.05) is 0 Å². The molecule has 0 aromatic heterocycles. The highest BCUT2D eigenvalue weighted by molar-refractivity contribution is 9.10. The molecule has 0 saturated heterocycles. The van der Waals surface area contributed by atoms with Crippen LogP contribution in [0.2, 0.25) is 0 Å². The summed E-state index contributed by atoms with van der Waals surface area (Å²) in [5.74, 6) is -1.87. The minimum absolute atomic E-state index is 0.212. The van der Waals surface area contributed by atoms with Gasteiger partial charge in [0.25, 0.3) is 0 Å². The van der Waals surface area contributed by atoms with Gasteiger partial charge in [0.15, 0.2) is 5.78 Å². The molecular weight excluding hydrogens is 330 g/mol. The largest absolute Gasteiger partial charge is 0.496 e. The lowest BCUT2D eigenvalue weighted by Gasteiger charge is -2.08. The lowest BCUT2D eigenvalue weighted by Crippen LogP contribution is -2.08. The number of halogens is 3. The summed E-state index contributed by atoms with van der Waals surface area (Å²) < 4.78 is 32.9. The first-order valence-corrected chi connectivity index (χ1v) is 6.57. The van der Waals surface area contributed by atoms with Crippen molar-refractivity contribution in [2.24, 2.45) is 0 Å². The van der Waals surface area contributed by atoms with E-state index in [2.05, 4.69) is 15.9 Å². The number of hydrogen-bond acceptors (Lipinski definition) is 2. The molecule has 0 amide bonds. The Morgan fingerprint density at radius 3 is 2.25 bits per heavy atom. The number of carbonyl (C=O) groups excluding carboxylic acids is 1. The Morgan fingerprint density at radius 2 is 1.75 bits per heavy atom. The van der Waals surface area contributed by atoms with Crippen molar-refractivity contribution in [2.75, 3.05) is 7.11 Å². The summed E-state index contributed by atoms with van der Waals surface area (Å²) >= 11 is 2.98. The maximum absolute atomic E-state index is 13.8. The normalized spacial score (nSPS) is 10.4. The van der Waals surface area contributed by atoms with Crippen molar-refractivity contribution < 1.29 is 18.3 Å². The maximum Gasteiger partial charge on any atom is 0.198 e. The van der Waals surface area contributed by atoms with E-state index in [9.17, 15) is 13.6 Å². The van der Waals surface area contributed by atoms with Gasteiger partial charge in [-0.3, -0.25) is 4.79 Å². The summed E-state index contributed by atoms with van der Waals surface area (Å²) in [5, 5.41) is 0. The highest BCUT2D eigenvalue weighted by Crippen LogP contribution is 2.24. The molecule has 104 valence electrons. The molecule has 0 heterocycles. The molecule has 0 N–H and O–H groups in total. The number of methoxy groups -OCH3 is 1. The average molecular weight is 341 g/mol. The third kappa shape index (κ3) is 2.72. The molecule has 0 fully saturated rings. The summed E-state index contributed by atoms with van der Waals surface area (Å²) in [5.41, 5.74) is 0.373. The zero-order valence-electron chi connectivity index (χ0n) is 10.8. The topological polar surface area (TPSA) is 26.3 Å². The van der Waals surface area contributed by atoms with E-state index in [0.717, 1.165) is 17.7 Å². The molecule has 0 aliphatic rings. The summed E-state index contributed by atoms with van der Waals surface area (Å²) in [6.07, 6.45) is 0. The van der Waals surface area contributed by atoms with Gasteiger partial charge in [-0.2, -0.15) is 0 Å². The standard InChI is InChI=1S/C15H11BrF2O2/c1-8-5-9(3-4-13(8)20-2)15(19)14-11(17)6-10(16)7-12(14)18/h3-7H,1-2H3. The van der Waals surface area contributed by atoms with Gasteiger partial charge in [0.1, 0.15) is 17.4 Å². The van der Waals surface area contributed by atoms with Crippen molar-refractivity contribution in [1.29, 1.82) is 0 Å². The van der Waals surface area contributed by atoms with Gasteiger partial charge >= 0.3 is 0 Å². The smallest absolute Gasteiger partial charge is 0.198 e. The van der Waals surface area contributed by atoms with Crippen LogP contribution in [0.25, 0.3) is 0 Å². The van der Waals surface area contributed by atoms with Crippen LogP contribution in [0.4, 0.5) is 8.78 Å². The third-order valence-electron chi connectivity index (χ3n) is 2.89. The number of ether oxygens (including phenoxy) is 1. The lowest BCUT2D eigenvalue weighted by molar-refractivity contribution is 0.103. The fraction of sp³-hybridized carbons (Fsp3) is 0.133. The van der Waals surface area contributed by atoms with E-state index in [0.29, 0.717) is 5.75 Å². The average Bonchev–Trinajstić information content (AvgIpc) is 2.37. The molecule has 0 unspecified atom stereocenters. The van der Waals surface area contributed by atoms with Gasteiger partial charge in [-0.25, -0.2) is 8.78 Å². The summed E-state index contributed by atoms with van der Waals surface area (Å²) in [6.45, 7) is 1.75. The Hall–Kier alpha value is -1.75. The lowest BCUT2D eigenvalue weighted by atomic mass is 10.0. The van der Waals surface area contributed by atoms with E-state index >= 15 is 0 Å². The summed E-state index contributed by atoms with van der Waals surface area (Å²) in [4.78, 5) is 12.2. The van der Waals surface area contributed by atoms with Crippen molar-refractivity contribution in [1.82, 2.24) is 0 Å². The molecule has 0 aliphatic carbocycles. The van der Waals surface area contributed by atoms with Gasteiger partial charge in [0.2, 0.25) is 0 Å². The van der Waals surface area contributed by atoms with Crippen LogP contribution in [-0.2, 0) is 0 Å². The first-order chi connectivity index (χ1) is 9.43. The Kier molecular flexibility index (Phi) is 4.18. The van der Waals surface area contributed by atoms with Gasteiger partial charge in [0, 0.05) is 10.0 Å². The van der Waals surface area contributed by atoms with Crippen LogP contribution in [0.3, 0.4) is 0 Å². The molecule has 0 aliphatic heterocycles. The number of ketones is 1. The Morgan fingerprint density at radius 1 is 1.15 bits per heavy atom. The van der Waals surface area contributed by atoms with Crippen LogP contribution in [-0.4, -0.2) is 12.9 Å². The number of carbonyl (C=O) groups is 1. The molecule has 2 nitrogen and oxygen atoms in total. The Balaban J connectivity index is 2.49. The maximum atomic E-state index is 13.8. The van der Waals surface area contributed by atoms with Crippen molar-refractivity contribution in [2.45, 2.75) is 6.92 Å². The minimum atomic E-state index is -0.893. The second-order valence-corrected chi connectivity index (χ2v) is 5.17. The second-order valence-electron chi connectivity index (χ2n) is 4.26. The molecular formula is C15H11BrF2O2. The highest BCUT2D eigenvalue weighted by atomic mass is 79.9. The van der Waals surface area contributed by atoms with Gasteiger partial charge in [0.05, 0.1) is 12.7 Å². The van der Waals surface area contributed by atoms with Gasteiger partial charge < -0.3 is 4.74 Å². The van der Waals surface area contributed by atoms with Crippen LogP contribution in [0, 0.1) is 18.6 Å². The summed E-state index contributed by atoms with van der Waals surface area (Å²) in [7, 11) is 1.51. The van der Waals surface area contributed by atoms with Gasteiger partial charge in [-0.1, -0.05) is 15.9 Å². The molecule has 0 bridgehead atoms. The van der Waals surface area contributed by atoms with E-state index < -0.39 is 23.0 Å². The fourth-order valence-corrected chi connectivity index (χ4v) is 2.33. The second kappa shape index (κ2) is 5.71. The molecule has 0 atom stereocenters. The molecule has 0 spiro atoms. The van der Waals surface area contributed by atoms with Gasteiger partial charge in [-0.15, -0.1) is 0 Å².